The standard InChI is InChI=1S/C19H20N6O4S2/c1-23(18(30)12-5-3-7-14(20)9-12)21-16(26)11-17(27)22-24(2)19(31)13-6-4-8-15(10-13)25(28)29/h3-10H,11,20H2,1-2H3,(H,21,26)(H,22,27). The van der Waals surface area contributed by atoms with Crippen LogP contribution in [-0.4, -0.2) is 50.8 Å². The number of hydrazine groups is 2. The first-order chi connectivity index (χ1) is 14.6. The lowest BCUT2D eigenvalue weighted by molar-refractivity contribution is -0.384. The molecule has 0 bridgehead atoms. The third kappa shape index (κ3) is 6.69. The predicted octanol–water partition coefficient (Wildman–Crippen LogP) is 1.54. The van der Waals surface area contributed by atoms with Crippen molar-refractivity contribution in [3.8, 4) is 0 Å². The summed E-state index contributed by atoms with van der Waals surface area (Å²) in [6.45, 7) is 0. The summed E-state index contributed by atoms with van der Waals surface area (Å²) >= 11 is 10.5. The fourth-order valence-electron chi connectivity index (χ4n) is 2.51. The van der Waals surface area contributed by atoms with Gasteiger partial charge in [0.25, 0.3) is 5.69 Å². The summed E-state index contributed by atoms with van der Waals surface area (Å²) in [4.78, 5) is 35.2. The Balaban J connectivity index is 1.90. The number of amides is 2. The van der Waals surface area contributed by atoms with Crippen molar-refractivity contribution in [3.05, 3.63) is 69.8 Å². The van der Waals surface area contributed by atoms with Crippen molar-refractivity contribution in [1.82, 2.24) is 20.9 Å². The van der Waals surface area contributed by atoms with Gasteiger partial charge in [-0.1, -0.05) is 48.7 Å². The Morgan fingerprint density at radius 1 is 0.968 bits per heavy atom. The number of nitrogens with one attached hydrogen (secondary N) is 2. The summed E-state index contributed by atoms with van der Waals surface area (Å²) in [5.74, 6) is -1.23. The highest BCUT2D eigenvalue weighted by Crippen LogP contribution is 2.14. The lowest BCUT2D eigenvalue weighted by Crippen LogP contribution is -2.47. The van der Waals surface area contributed by atoms with Gasteiger partial charge in [0.15, 0.2) is 0 Å². The SMILES string of the molecule is CN(NC(=O)CC(=O)NN(C)C(=S)c1cccc([N+](=O)[O-])c1)C(=S)c1cccc(N)c1. The fraction of sp³-hybridized carbons (Fsp3) is 0.158. The Hall–Kier alpha value is -3.64. The minimum Gasteiger partial charge on any atom is -0.399 e. The van der Waals surface area contributed by atoms with Crippen LogP contribution in [0.3, 0.4) is 0 Å². The first kappa shape index (κ1) is 23.6. The van der Waals surface area contributed by atoms with Gasteiger partial charge in [0.05, 0.1) is 4.92 Å². The highest BCUT2D eigenvalue weighted by molar-refractivity contribution is 7.80. The number of nitro groups is 1. The van der Waals surface area contributed by atoms with E-state index in [1.807, 2.05) is 0 Å². The number of hydrogen-bond acceptors (Lipinski definition) is 7. The number of hydrogen-bond donors (Lipinski definition) is 3. The molecule has 4 N–H and O–H groups in total. The van der Waals surface area contributed by atoms with Crippen LogP contribution >= 0.6 is 24.4 Å². The quantitative estimate of drug-likeness (QED) is 0.200. The Kier molecular flexibility index (Phi) is 7.94. The van der Waals surface area contributed by atoms with Gasteiger partial charge in [-0.15, -0.1) is 0 Å². The molecule has 0 aliphatic carbocycles. The first-order valence-electron chi connectivity index (χ1n) is 8.83. The van der Waals surface area contributed by atoms with E-state index in [1.165, 1.54) is 35.3 Å². The second-order valence-corrected chi connectivity index (χ2v) is 7.18. The van der Waals surface area contributed by atoms with E-state index in [0.717, 1.165) is 0 Å². The molecule has 12 heteroatoms. The Morgan fingerprint density at radius 2 is 1.45 bits per heavy atom. The summed E-state index contributed by atoms with van der Waals surface area (Å²) in [5, 5.41) is 13.4. The maximum Gasteiger partial charge on any atom is 0.270 e. The topological polar surface area (TPSA) is 134 Å². The maximum absolute atomic E-state index is 12.2. The van der Waals surface area contributed by atoms with Gasteiger partial charge in [0, 0.05) is 43.0 Å². The number of non-ortho nitro benzene ring substituents is 1. The van der Waals surface area contributed by atoms with Crippen LogP contribution in [0.1, 0.15) is 17.5 Å². The van der Waals surface area contributed by atoms with Crippen LogP contribution in [0.5, 0.6) is 0 Å². The number of anilines is 1. The lowest BCUT2D eigenvalue weighted by Gasteiger charge is -2.23. The Morgan fingerprint density at radius 3 is 1.94 bits per heavy atom. The summed E-state index contributed by atoms with van der Waals surface area (Å²) in [7, 11) is 3.02. The monoisotopic (exact) mass is 460 g/mol. The van der Waals surface area contributed by atoms with Crippen molar-refractivity contribution in [2.75, 3.05) is 19.8 Å². The molecule has 0 heterocycles. The number of carbonyl (C=O) groups excluding carboxylic acids is 2. The van der Waals surface area contributed by atoms with Crippen molar-refractivity contribution < 1.29 is 14.5 Å². The van der Waals surface area contributed by atoms with E-state index in [4.69, 9.17) is 30.2 Å². The normalized spacial score (nSPS) is 10.0. The minimum atomic E-state index is -0.629. The molecule has 2 amide bonds. The number of carbonyl (C=O) groups is 2. The zero-order valence-electron chi connectivity index (χ0n) is 16.7. The van der Waals surface area contributed by atoms with Gasteiger partial charge in [0.1, 0.15) is 16.4 Å². The second-order valence-electron chi connectivity index (χ2n) is 6.41. The van der Waals surface area contributed by atoms with E-state index in [9.17, 15) is 19.7 Å². The molecule has 2 aromatic carbocycles. The van der Waals surface area contributed by atoms with Gasteiger partial charge in [-0.2, -0.15) is 0 Å². The molecule has 0 saturated carbocycles. The maximum atomic E-state index is 12.2. The lowest BCUT2D eigenvalue weighted by atomic mass is 10.2. The summed E-state index contributed by atoms with van der Waals surface area (Å²) in [6.07, 6.45) is -0.494. The average molecular weight is 461 g/mol. The van der Waals surface area contributed by atoms with E-state index in [1.54, 1.807) is 37.4 Å². The molecular weight excluding hydrogens is 440 g/mol. The van der Waals surface area contributed by atoms with Crippen LogP contribution in [0, 0.1) is 10.1 Å². The van der Waals surface area contributed by atoms with Gasteiger partial charge in [-0.3, -0.25) is 40.6 Å². The molecule has 0 aliphatic rings. The second kappa shape index (κ2) is 10.4. The molecule has 2 rings (SSSR count). The van der Waals surface area contributed by atoms with Gasteiger partial charge in [-0.05, 0) is 12.1 Å². The zero-order valence-corrected chi connectivity index (χ0v) is 18.3. The molecular formula is C19H20N6O4S2. The molecule has 0 aromatic heterocycles. The Bertz CT molecular complexity index is 1050. The molecule has 0 spiro atoms. The number of nitro benzene ring substituents is 1. The summed E-state index contributed by atoms with van der Waals surface area (Å²) in [6, 6.07) is 12.6. The molecule has 0 radical (unpaired) electrons. The highest BCUT2D eigenvalue weighted by atomic mass is 32.1. The molecule has 0 saturated heterocycles. The number of nitrogens with zero attached hydrogens (tertiary/aromatic N) is 3. The third-order valence-corrected chi connectivity index (χ3v) is 4.97. The highest BCUT2D eigenvalue weighted by Gasteiger charge is 2.17. The molecule has 2 aromatic rings. The van der Waals surface area contributed by atoms with E-state index in [-0.39, 0.29) is 10.7 Å². The van der Waals surface area contributed by atoms with Crippen molar-refractivity contribution >= 4 is 57.6 Å². The number of thiocarbonyl (C=S) groups is 2. The van der Waals surface area contributed by atoms with E-state index < -0.39 is 23.2 Å². The van der Waals surface area contributed by atoms with Crippen LogP contribution < -0.4 is 16.6 Å². The van der Waals surface area contributed by atoms with E-state index in [0.29, 0.717) is 21.8 Å². The molecule has 10 nitrogen and oxygen atoms in total. The summed E-state index contributed by atoms with van der Waals surface area (Å²) in [5.41, 5.74) is 12.1. The van der Waals surface area contributed by atoms with Crippen molar-refractivity contribution in [1.29, 1.82) is 0 Å². The van der Waals surface area contributed by atoms with Gasteiger partial charge in [0.2, 0.25) is 11.8 Å². The van der Waals surface area contributed by atoms with Crippen molar-refractivity contribution in [2.45, 2.75) is 6.42 Å². The predicted molar refractivity (Wildman–Crippen MR) is 124 cm³/mol. The van der Waals surface area contributed by atoms with Crippen LogP contribution in [0.25, 0.3) is 0 Å². The van der Waals surface area contributed by atoms with E-state index in [2.05, 4.69) is 10.9 Å². The molecule has 0 aliphatic heterocycles. The Labute approximate surface area is 189 Å². The smallest absolute Gasteiger partial charge is 0.270 e. The molecule has 162 valence electrons. The van der Waals surface area contributed by atoms with Gasteiger partial charge >= 0.3 is 0 Å². The zero-order chi connectivity index (χ0) is 23.1. The molecule has 31 heavy (non-hydrogen) atoms. The number of rotatable bonds is 5. The largest absolute Gasteiger partial charge is 0.399 e. The number of benzene rings is 2. The molecule has 0 fully saturated rings. The van der Waals surface area contributed by atoms with Crippen LogP contribution in [0.2, 0.25) is 0 Å². The summed E-state index contributed by atoms with van der Waals surface area (Å²) < 4.78 is 0. The van der Waals surface area contributed by atoms with Gasteiger partial charge in [-0.25, -0.2) is 0 Å². The van der Waals surface area contributed by atoms with Crippen LogP contribution in [-0.2, 0) is 9.59 Å². The minimum absolute atomic E-state index is 0.127. The molecule has 0 unspecified atom stereocenters. The third-order valence-electron chi connectivity index (χ3n) is 3.95. The number of nitrogens with two attached hydrogens (primary N) is 1. The van der Waals surface area contributed by atoms with E-state index >= 15 is 0 Å². The van der Waals surface area contributed by atoms with Crippen LogP contribution in [0.15, 0.2) is 48.5 Å². The average Bonchev–Trinajstić information content (AvgIpc) is 2.72. The number of nitrogen functional groups attached to an aromatic ring is 1. The van der Waals surface area contributed by atoms with Gasteiger partial charge < -0.3 is 5.73 Å². The van der Waals surface area contributed by atoms with Crippen molar-refractivity contribution in [3.63, 3.8) is 0 Å². The van der Waals surface area contributed by atoms with Crippen molar-refractivity contribution in [2.24, 2.45) is 0 Å². The first-order valence-corrected chi connectivity index (χ1v) is 9.65. The fourth-order valence-corrected chi connectivity index (χ4v) is 2.86. The van der Waals surface area contributed by atoms with Crippen LogP contribution in [0.4, 0.5) is 11.4 Å². The molecule has 0 atom stereocenters.